The van der Waals surface area contributed by atoms with E-state index in [0.717, 1.165) is 6.20 Å². The molecule has 0 atom stereocenters. The van der Waals surface area contributed by atoms with E-state index >= 15 is 0 Å². The number of hydrogen-bond donors (Lipinski definition) is 0. The van der Waals surface area contributed by atoms with Gasteiger partial charge in [0.1, 0.15) is 11.5 Å². The SMILES string of the molecule is O=[N+]([O-])/C=C/c1ccc(-c2ccccc2[N+](=O)[O-])o1. The van der Waals surface area contributed by atoms with Gasteiger partial charge in [-0.15, -0.1) is 0 Å². The Hall–Kier alpha value is -2.96. The van der Waals surface area contributed by atoms with Crippen LogP contribution in [0, 0.1) is 20.2 Å². The largest absolute Gasteiger partial charge is 0.456 e. The molecule has 0 fully saturated rings. The topological polar surface area (TPSA) is 99.4 Å². The molecule has 0 amide bonds. The van der Waals surface area contributed by atoms with E-state index in [0.29, 0.717) is 5.56 Å². The highest BCUT2D eigenvalue weighted by Crippen LogP contribution is 2.30. The molecule has 19 heavy (non-hydrogen) atoms. The summed E-state index contributed by atoms with van der Waals surface area (Å²) in [6.07, 6.45) is 1.92. The van der Waals surface area contributed by atoms with E-state index in [4.69, 9.17) is 4.42 Å². The van der Waals surface area contributed by atoms with Crippen molar-refractivity contribution >= 4 is 11.8 Å². The van der Waals surface area contributed by atoms with Crippen molar-refractivity contribution in [2.24, 2.45) is 0 Å². The molecule has 0 aliphatic carbocycles. The predicted octanol–water partition coefficient (Wildman–Crippen LogP) is 3.10. The van der Waals surface area contributed by atoms with Gasteiger partial charge in [-0.3, -0.25) is 20.2 Å². The monoisotopic (exact) mass is 260 g/mol. The first-order valence-electron chi connectivity index (χ1n) is 5.23. The smallest absolute Gasteiger partial charge is 0.280 e. The summed E-state index contributed by atoms with van der Waals surface area (Å²) in [4.78, 5) is 19.9. The summed E-state index contributed by atoms with van der Waals surface area (Å²) in [5.74, 6) is 0.542. The van der Waals surface area contributed by atoms with Crippen molar-refractivity contribution in [2.45, 2.75) is 0 Å². The lowest BCUT2D eigenvalue weighted by molar-refractivity contribution is -0.401. The Balaban J connectivity index is 2.38. The van der Waals surface area contributed by atoms with Crippen LogP contribution in [0.4, 0.5) is 5.69 Å². The Bertz CT molecular complexity index is 660. The summed E-state index contributed by atoms with van der Waals surface area (Å²) in [6.45, 7) is 0. The molecule has 0 saturated heterocycles. The maximum Gasteiger partial charge on any atom is 0.280 e. The predicted molar refractivity (Wildman–Crippen MR) is 66.8 cm³/mol. The van der Waals surface area contributed by atoms with Gasteiger partial charge in [0.05, 0.1) is 21.5 Å². The molecule has 0 unspecified atom stereocenters. The second-order valence-electron chi connectivity index (χ2n) is 3.58. The summed E-state index contributed by atoms with van der Waals surface area (Å²) < 4.78 is 5.32. The summed E-state index contributed by atoms with van der Waals surface area (Å²) >= 11 is 0. The van der Waals surface area contributed by atoms with E-state index in [1.165, 1.54) is 24.3 Å². The van der Waals surface area contributed by atoms with Gasteiger partial charge in [0.15, 0.2) is 0 Å². The third-order valence-corrected chi connectivity index (χ3v) is 2.35. The molecule has 0 saturated carbocycles. The van der Waals surface area contributed by atoms with Crippen molar-refractivity contribution in [3.63, 3.8) is 0 Å². The van der Waals surface area contributed by atoms with Gasteiger partial charge in [0.2, 0.25) is 6.20 Å². The van der Waals surface area contributed by atoms with Crippen LogP contribution in [0.2, 0.25) is 0 Å². The number of rotatable bonds is 4. The van der Waals surface area contributed by atoms with Crippen LogP contribution in [0.15, 0.2) is 47.0 Å². The number of benzene rings is 1. The lowest BCUT2D eigenvalue weighted by atomic mass is 10.1. The van der Waals surface area contributed by atoms with Gasteiger partial charge in [0.25, 0.3) is 5.69 Å². The van der Waals surface area contributed by atoms with Crippen LogP contribution >= 0.6 is 0 Å². The number of furan rings is 1. The minimum atomic E-state index is -0.618. The Morgan fingerprint density at radius 1 is 1.05 bits per heavy atom. The number of nitro groups is 2. The summed E-state index contributed by atoms with van der Waals surface area (Å²) in [7, 11) is 0. The van der Waals surface area contributed by atoms with Gasteiger partial charge in [-0.25, -0.2) is 0 Å². The quantitative estimate of drug-likeness (QED) is 0.621. The normalized spacial score (nSPS) is 10.7. The third kappa shape index (κ3) is 2.83. The van der Waals surface area contributed by atoms with Gasteiger partial charge in [-0.05, 0) is 18.2 Å². The fourth-order valence-electron chi connectivity index (χ4n) is 1.56. The summed E-state index contributed by atoms with van der Waals surface area (Å²) in [5.41, 5.74) is 0.245. The molecule has 1 aromatic carbocycles. The molecule has 0 aliphatic heterocycles. The fraction of sp³-hybridized carbons (Fsp3) is 0. The molecule has 7 nitrogen and oxygen atoms in total. The van der Waals surface area contributed by atoms with Gasteiger partial charge in [-0.1, -0.05) is 12.1 Å². The average Bonchev–Trinajstić information content (AvgIpc) is 2.85. The molecule has 96 valence electrons. The maximum atomic E-state index is 10.9. The number of nitro benzene ring substituents is 1. The van der Waals surface area contributed by atoms with Crippen molar-refractivity contribution in [1.82, 2.24) is 0 Å². The first kappa shape index (κ1) is 12.5. The van der Waals surface area contributed by atoms with Crippen molar-refractivity contribution in [2.75, 3.05) is 0 Å². The highest BCUT2D eigenvalue weighted by molar-refractivity contribution is 5.70. The first-order valence-corrected chi connectivity index (χ1v) is 5.23. The van der Waals surface area contributed by atoms with E-state index in [1.54, 1.807) is 18.2 Å². The van der Waals surface area contributed by atoms with Crippen molar-refractivity contribution < 1.29 is 14.3 Å². The Morgan fingerprint density at radius 3 is 2.47 bits per heavy atom. The molecular weight excluding hydrogens is 252 g/mol. The number of hydrogen-bond acceptors (Lipinski definition) is 5. The molecule has 0 spiro atoms. The average molecular weight is 260 g/mol. The highest BCUT2D eigenvalue weighted by atomic mass is 16.6. The second kappa shape index (κ2) is 5.13. The van der Waals surface area contributed by atoms with E-state index in [9.17, 15) is 20.2 Å². The van der Waals surface area contributed by atoms with Crippen LogP contribution < -0.4 is 0 Å². The van der Waals surface area contributed by atoms with Crippen molar-refractivity contribution in [1.29, 1.82) is 0 Å². The molecular formula is C12H8N2O5. The van der Waals surface area contributed by atoms with Crippen molar-refractivity contribution in [3.8, 4) is 11.3 Å². The highest BCUT2D eigenvalue weighted by Gasteiger charge is 2.16. The fourth-order valence-corrected chi connectivity index (χ4v) is 1.56. The molecule has 2 aromatic rings. The number of para-hydroxylation sites is 1. The van der Waals surface area contributed by atoms with Crippen LogP contribution in [-0.2, 0) is 0 Å². The third-order valence-electron chi connectivity index (χ3n) is 2.35. The van der Waals surface area contributed by atoms with Gasteiger partial charge in [-0.2, -0.15) is 0 Å². The molecule has 0 aliphatic rings. The van der Waals surface area contributed by atoms with Gasteiger partial charge < -0.3 is 4.42 Å². The summed E-state index contributed by atoms with van der Waals surface area (Å²) in [6, 6.07) is 9.16. The minimum absolute atomic E-state index is 0.0818. The second-order valence-corrected chi connectivity index (χ2v) is 3.58. The van der Waals surface area contributed by atoms with Crippen LogP contribution in [0.25, 0.3) is 17.4 Å². The molecule has 0 bridgehead atoms. The van der Waals surface area contributed by atoms with Crippen LogP contribution in [0.3, 0.4) is 0 Å². The Kier molecular flexibility index (Phi) is 3.37. The molecule has 0 radical (unpaired) electrons. The van der Waals surface area contributed by atoms with Gasteiger partial charge in [0, 0.05) is 6.07 Å². The van der Waals surface area contributed by atoms with E-state index in [2.05, 4.69) is 0 Å². The molecule has 2 rings (SSSR count). The zero-order valence-electron chi connectivity index (χ0n) is 9.55. The minimum Gasteiger partial charge on any atom is -0.456 e. The molecule has 1 aromatic heterocycles. The van der Waals surface area contributed by atoms with Gasteiger partial charge >= 0.3 is 0 Å². The first-order chi connectivity index (χ1) is 9.08. The molecule has 0 N–H and O–H groups in total. The van der Waals surface area contributed by atoms with Crippen LogP contribution in [0.1, 0.15) is 5.76 Å². The lowest BCUT2D eigenvalue weighted by Crippen LogP contribution is -1.90. The maximum absolute atomic E-state index is 10.9. The zero-order valence-corrected chi connectivity index (χ0v) is 9.55. The molecule has 7 heteroatoms. The molecule has 1 heterocycles. The van der Waals surface area contributed by atoms with E-state index in [-0.39, 0.29) is 17.2 Å². The lowest BCUT2D eigenvalue weighted by Gasteiger charge is -1.98. The van der Waals surface area contributed by atoms with E-state index < -0.39 is 9.85 Å². The van der Waals surface area contributed by atoms with E-state index in [1.807, 2.05) is 0 Å². The zero-order chi connectivity index (χ0) is 13.8. The van der Waals surface area contributed by atoms with Crippen LogP contribution in [-0.4, -0.2) is 9.85 Å². The summed E-state index contributed by atoms with van der Waals surface area (Å²) in [5, 5.41) is 21.1. The number of nitrogens with zero attached hydrogens (tertiary/aromatic N) is 2. The Morgan fingerprint density at radius 2 is 1.79 bits per heavy atom. The van der Waals surface area contributed by atoms with Crippen LogP contribution in [0.5, 0.6) is 0 Å². The Labute approximate surface area is 107 Å². The standard InChI is InChI=1S/C12H8N2O5/c15-13(16)8-7-9-5-6-12(19-9)10-3-1-2-4-11(10)14(17)18/h1-8H/b8-7+. The van der Waals surface area contributed by atoms with Crippen molar-refractivity contribution in [3.05, 3.63) is 68.6 Å².